The van der Waals surface area contributed by atoms with Crippen LogP contribution < -0.4 is 0 Å². The zero-order valence-corrected chi connectivity index (χ0v) is 30.7. The highest BCUT2D eigenvalue weighted by molar-refractivity contribution is 5.89. The van der Waals surface area contributed by atoms with Gasteiger partial charge in [-0.15, -0.1) is 0 Å². The second kappa shape index (κ2) is 16.6. The molecular weight excluding hydrogens is 591 g/mol. The van der Waals surface area contributed by atoms with E-state index in [9.17, 15) is 0 Å². The van der Waals surface area contributed by atoms with Crippen LogP contribution in [0.2, 0.25) is 0 Å². The monoisotopic (exact) mass is 647 g/mol. The maximum Gasteiger partial charge on any atom is 0.0701 e. The Morgan fingerprint density at radius 1 is 0.449 bits per heavy atom. The highest BCUT2D eigenvalue weighted by Gasteiger charge is 2.42. The summed E-state index contributed by atoms with van der Waals surface area (Å²) in [4.78, 5) is 4.58. The quantitative estimate of drug-likeness (QED) is 0.0915. The van der Waals surface area contributed by atoms with E-state index in [1.807, 2.05) is 12.3 Å². The molecule has 4 aromatic carbocycles. The summed E-state index contributed by atoms with van der Waals surface area (Å²) >= 11 is 0. The van der Waals surface area contributed by atoms with Gasteiger partial charge < -0.3 is 0 Å². The molecule has 1 nitrogen and oxygen atoms in total. The van der Waals surface area contributed by atoms with E-state index < -0.39 is 0 Å². The van der Waals surface area contributed by atoms with Crippen LogP contribution in [-0.4, -0.2) is 4.98 Å². The molecule has 1 heteroatoms. The van der Waals surface area contributed by atoms with Crippen molar-refractivity contribution in [2.75, 3.05) is 0 Å². The lowest BCUT2D eigenvalue weighted by Gasteiger charge is -2.33. The Balaban J connectivity index is 1.39. The topological polar surface area (TPSA) is 12.9 Å². The highest BCUT2D eigenvalue weighted by Crippen LogP contribution is 2.55. The van der Waals surface area contributed by atoms with Gasteiger partial charge in [0, 0.05) is 17.2 Å². The van der Waals surface area contributed by atoms with E-state index in [0.717, 1.165) is 11.3 Å². The molecule has 0 saturated heterocycles. The van der Waals surface area contributed by atoms with E-state index in [1.165, 1.54) is 134 Å². The van der Waals surface area contributed by atoms with Gasteiger partial charge in [0.15, 0.2) is 0 Å². The summed E-state index contributed by atoms with van der Waals surface area (Å²) in [6.45, 7) is 9.13. The molecule has 0 saturated carbocycles. The lowest BCUT2D eigenvalue weighted by Crippen LogP contribution is -2.25. The van der Waals surface area contributed by atoms with Crippen LogP contribution in [0.15, 0.2) is 103 Å². The molecule has 0 radical (unpaired) electrons. The van der Waals surface area contributed by atoms with Crippen LogP contribution in [0.3, 0.4) is 0 Å². The van der Waals surface area contributed by atoms with Crippen molar-refractivity contribution in [1.29, 1.82) is 0 Å². The molecule has 5 aromatic rings. The second-order valence-electron chi connectivity index (χ2n) is 14.8. The first kappa shape index (κ1) is 34.9. The van der Waals surface area contributed by atoms with Gasteiger partial charge >= 0.3 is 0 Å². The predicted octanol–water partition coefficient (Wildman–Crippen LogP) is 14.5. The molecule has 0 spiro atoms. The molecule has 1 aliphatic rings. The summed E-state index contributed by atoms with van der Waals surface area (Å²) in [7, 11) is 0. The van der Waals surface area contributed by atoms with E-state index in [1.54, 1.807) is 11.1 Å². The molecule has 0 bridgehead atoms. The van der Waals surface area contributed by atoms with Crippen molar-refractivity contribution >= 4 is 0 Å². The number of aryl methyl sites for hydroxylation is 2. The maximum absolute atomic E-state index is 4.58. The molecule has 0 fully saturated rings. The van der Waals surface area contributed by atoms with Crippen molar-refractivity contribution < 1.29 is 0 Å². The standard InChI is InChI=1S/C48H57N/c1-5-7-9-11-13-16-30-48(31-17-14-12-10-8-6-2)45-34-37(4)21-28-42(45)43-29-26-40(35-46(43)48)41-27-20-36(3)33-44(41)38-22-24-39(25-23-38)47-19-15-18-32-49-47/h15,18-29,32-35H,5-14,16-17,30-31H2,1-4H3. The molecule has 49 heavy (non-hydrogen) atoms. The van der Waals surface area contributed by atoms with E-state index in [-0.39, 0.29) is 5.41 Å². The number of hydrogen-bond acceptors (Lipinski definition) is 1. The zero-order chi connectivity index (χ0) is 34.1. The van der Waals surface area contributed by atoms with E-state index >= 15 is 0 Å². The van der Waals surface area contributed by atoms with Crippen LogP contribution in [0, 0.1) is 13.8 Å². The normalized spacial score (nSPS) is 13.0. The minimum absolute atomic E-state index is 0.0808. The Morgan fingerprint density at radius 3 is 1.61 bits per heavy atom. The number of nitrogens with zero attached hydrogens (tertiary/aromatic N) is 1. The first-order valence-corrected chi connectivity index (χ1v) is 19.4. The first-order valence-electron chi connectivity index (χ1n) is 19.4. The average molecular weight is 648 g/mol. The molecule has 0 atom stereocenters. The predicted molar refractivity (Wildman–Crippen MR) is 212 cm³/mol. The summed E-state index contributed by atoms with van der Waals surface area (Å²) in [5.41, 5.74) is 16.2. The minimum Gasteiger partial charge on any atom is -0.256 e. The molecule has 1 aromatic heterocycles. The average Bonchev–Trinajstić information content (AvgIpc) is 3.39. The second-order valence-corrected chi connectivity index (χ2v) is 14.8. The minimum atomic E-state index is 0.0808. The van der Waals surface area contributed by atoms with Gasteiger partial charge in [-0.05, 0) is 89.4 Å². The van der Waals surface area contributed by atoms with Gasteiger partial charge in [0.25, 0.3) is 0 Å². The van der Waals surface area contributed by atoms with Gasteiger partial charge in [-0.1, -0.05) is 181 Å². The van der Waals surface area contributed by atoms with Crippen molar-refractivity contribution in [3.8, 4) is 44.6 Å². The van der Waals surface area contributed by atoms with Crippen LogP contribution in [-0.2, 0) is 5.41 Å². The van der Waals surface area contributed by atoms with Gasteiger partial charge in [0.2, 0.25) is 0 Å². The van der Waals surface area contributed by atoms with Gasteiger partial charge in [-0.25, -0.2) is 0 Å². The molecule has 0 aliphatic heterocycles. The van der Waals surface area contributed by atoms with Crippen molar-refractivity contribution in [2.45, 2.75) is 123 Å². The van der Waals surface area contributed by atoms with Crippen LogP contribution in [0.1, 0.15) is 126 Å². The molecule has 0 unspecified atom stereocenters. The number of benzene rings is 4. The lowest BCUT2D eigenvalue weighted by atomic mass is 9.70. The fourth-order valence-corrected chi connectivity index (χ4v) is 8.36. The Morgan fingerprint density at radius 2 is 0.980 bits per heavy atom. The summed E-state index contributed by atoms with van der Waals surface area (Å²) in [5, 5.41) is 0. The SMILES string of the molecule is CCCCCCCCC1(CCCCCCCC)c2cc(C)ccc2-c2ccc(-c3ccc(C)cc3-c3ccc(-c4ccccn4)cc3)cc21. The summed E-state index contributed by atoms with van der Waals surface area (Å²) in [6.07, 6.45) is 20.4. The third kappa shape index (κ3) is 7.93. The fraction of sp³-hybridized carbons (Fsp3) is 0.396. The molecule has 254 valence electrons. The van der Waals surface area contributed by atoms with Gasteiger partial charge in [-0.3, -0.25) is 4.98 Å². The highest BCUT2D eigenvalue weighted by atomic mass is 14.7. The largest absolute Gasteiger partial charge is 0.256 e. The molecule has 1 heterocycles. The summed E-state index contributed by atoms with van der Waals surface area (Å²) < 4.78 is 0. The number of unbranched alkanes of at least 4 members (excludes halogenated alkanes) is 10. The van der Waals surface area contributed by atoms with Gasteiger partial charge in [0.1, 0.15) is 0 Å². The molecular formula is C48H57N. The zero-order valence-electron chi connectivity index (χ0n) is 30.7. The van der Waals surface area contributed by atoms with Crippen molar-refractivity contribution in [3.63, 3.8) is 0 Å². The van der Waals surface area contributed by atoms with Crippen molar-refractivity contribution in [1.82, 2.24) is 4.98 Å². The summed E-state index contributed by atoms with van der Waals surface area (Å²) in [5.74, 6) is 0. The third-order valence-corrected chi connectivity index (χ3v) is 11.1. The Kier molecular flexibility index (Phi) is 11.8. The van der Waals surface area contributed by atoms with E-state index in [2.05, 4.69) is 124 Å². The summed E-state index contributed by atoms with van der Waals surface area (Å²) in [6, 6.07) is 36.9. The van der Waals surface area contributed by atoms with Crippen molar-refractivity contribution in [2.24, 2.45) is 0 Å². The molecule has 0 N–H and O–H groups in total. The molecule has 6 rings (SSSR count). The first-order chi connectivity index (χ1) is 24.0. The van der Waals surface area contributed by atoms with E-state index in [4.69, 9.17) is 0 Å². The number of fused-ring (bicyclic) bond motifs is 3. The number of aromatic nitrogens is 1. The maximum atomic E-state index is 4.58. The Labute approximate surface area is 297 Å². The van der Waals surface area contributed by atoms with Crippen LogP contribution in [0.25, 0.3) is 44.6 Å². The van der Waals surface area contributed by atoms with Gasteiger partial charge in [0.05, 0.1) is 5.69 Å². The number of hydrogen-bond donors (Lipinski definition) is 0. The van der Waals surface area contributed by atoms with Crippen LogP contribution in [0.5, 0.6) is 0 Å². The lowest BCUT2D eigenvalue weighted by molar-refractivity contribution is 0.398. The Hall–Kier alpha value is -3.97. The van der Waals surface area contributed by atoms with Crippen LogP contribution in [0.4, 0.5) is 0 Å². The molecule has 0 amide bonds. The third-order valence-electron chi connectivity index (χ3n) is 11.1. The smallest absolute Gasteiger partial charge is 0.0701 e. The number of rotatable bonds is 17. The van der Waals surface area contributed by atoms with E-state index in [0.29, 0.717) is 0 Å². The Bertz CT molecular complexity index is 1780. The fourth-order valence-electron chi connectivity index (χ4n) is 8.36. The van der Waals surface area contributed by atoms with Gasteiger partial charge in [-0.2, -0.15) is 0 Å². The van der Waals surface area contributed by atoms with Crippen LogP contribution >= 0.6 is 0 Å². The molecule has 1 aliphatic carbocycles. The van der Waals surface area contributed by atoms with Crippen molar-refractivity contribution in [3.05, 3.63) is 126 Å². The number of pyridine rings is 1.